The predicted molar refractivity (Wildman–Crippen MR) is 101 cm³/mol. The summed E-state index contributed by atoms with van der Waals surface area (Å²) in [5.41, 5.74) is 7.61. The van der Waals surface area contributed by atoms with Crippen LogP contribution in [0.15, 0.2) is 36.4 Å². The Morgan fingerprint density at radius 3 is 2.56 bits per heavy atom. The molecule has 0 aliphatic rings. The van der Waals surface area contributed by atoms with Gasteiger partial charge in [0.05, 0.1) is 5.69 Å². The van der Waals surface area contributed by atoms with Gasteiger partial charge in [-0.3, -0.25) is 4.79 Å². The lowest BCUT2D eigenvalue weighted by Gasteiger charge is -2.04. The number of rotatable bonds is 5. The average Bonchev–Trinajstić information content (AvgIpc) is 2.92. The average molecular weight is 333 g/mol. The van der Waals surface area contributed by atoms with Crippen molar-refractivity contribution in [3.8, 4) is 0 Å². The van der Waals surface area contributed by atoms with E-state index in [-0.39, 0.29) is 5.78 Å². The Hall–Kier alpha value is -2.75. The van der Waals surface area contributed by atoms with E-state index in [9.17, 15) is 4.79 Å². The van der Waals surface area contributed by atoms with Gasteiger partial charge in [-0.15, -0.1) is 0 Å². The Morgan fingerprint density at radius 1 is 1.20 bits per heavy atom. The fourth-order valence-corrected chi connectivity index (χ4v) is 3.04. The van der Waals surface area contributed by atoms with Crippen LogP contribution in [0.25, 0.3) is 11.7 Å². The molecule has 4 nitrogen and oxygen atoms in total. The van der Waals surface area contributed by atoms with E-state index < -0.39 is 0 Å². The van der Waals surface area contributed by atoms with Crippen LogP contribution in [0.5, 0.6) is 0 Å². The number of carbonyl (C=O) groups is 1. The second-order valence-electron chi connectivity index (χ2n) is 6.42. The van der Waals surface area contributed by atoms with Crippen molar-refractivity contribution < 1.29 is 4.79 Å². The van der Waals surface area contributed by atoms with Crippen LogP contribution in [-0.2, 0) is 17.6 Å². The minimum absolute atomic E-state index is 0.0554. The quantitative estimate of drug-likeness (QED) is 0.660. The predicted octanol–water partition coefficient (Wildman–Crippen LogP) is 4.10. The summed E-state index contributed by atoms with van der Waals surface area (Å²) in [6.45, 7) is 7.77. The summed E-state index contributed by atoms with van der Waals surface area (Å²) in [5, 5.41) is 4.74. The van der Waals surface area contributed by atoms with Crippen molar-refractivity contribution in [2.45, 2.75) is 40.5 Å². The van der Waals surface area contributed by atoms with Gasteiger partial charge >= 0.3 is 0 Å². The zero-order chi connectivity index (χ0) is 18.0. The molecule has 2 aromatic heterocycles. The lowest BCUT2D eigenvalue weighted by molar-refractivity contribution is -0.112. The lowest BCUT2D eigenvalue weighted by Crippen LogP contribution is -1.98. The number of carbonyl (C=O) groups excluding carboxylic acids is 1. The summed E-state index contributed by atoms with van der Waals surface area (Å²) >= 11 is 0. The summed E-state index contributed by atoms with van der Waals surface area (Å²) in [4.78, 5) is 15.8. The van der Waals surface area contributed by atoms with Crippen molar-refractivity contribution in [3.63, 3.8) is 0 Å². The summed E-state index contributed by atoms with van der Waals surface area (Å²) in [6, 6.07) is 10.3. The standard InChI is InChI=1S/C21H23N3O/c1-5-20-19(21-22-14(2)12-15(3)24(21)23-20)13-18-10-8-17(9-11-18)7-6-16(4)25/h6-12H,5,13H2,1-4H3/b7-6+. The Labute approximate surface area is 148 Å². The molecular formula is C21H23N3O. The molecule has 2 heterocycles. The number of aryl methyl sites for hydroxylation is 3. The first-order valence-electron chi connectivity index (χ1n) is 8.60. The van der Waals surface area contributed by atoms with Gasteiger partial charge in [0.2, 0.25) is 0 Å². The van der Waals surface area contributed by atoms with Gasteiger partial charge in [0.25, 0.3) is 0 Å². The molecule has 0 N–H and O–H groups in total. The van der Waals surface area contributed by atoms with E-state index in [2.05, 4.69) is 32.0 Å². The van der Waals surface area contributed by atoms with Crippen molar-refractivity contribution in [2.24, 2.45) is 0 Å². The van der Waals surface area contributed by atoms with E-state index in [1.165, 1.54) is 11.1 Å². The first kappa shape index (κ1) is 17.1. The third kappa shape index (κ3) is 3.68. The third-order valence-corrected chi connectivity index (χ3v) is 4.28. The second-order valence-corrected chi connectivity index (χ2v) is 6.42. The van der Waals surface area contributed by atoms with Crippen molar-refractivity contribution in [2.75, 3.05) is 0 Å². The van der Waals surface area contributed by atoms with Crippen LogP contribution >= 0.6 is 0 Å². The van der Waals surface area contributed by atoms with E-state index in [1.54, 1.807) is 13.0 Å². The van der Waals surface area contributed by atoms with E-state index in [4.69, 9.17) is 10.1 Å². The fraction of sp³-hybridized carbons (Fsp3) is 0.286. The van der Waals surface area contributed by atoms with Crippen LogP contribution in [0.3, 0.4) is 0 Å². The highest BCUT2D eigenvalue weighted by molar-refractivity contribution is 5.91. The molecule has 1 aromatic carbocycles. The van der Waals surface area contributed by atoms with Gasteiger partial charge in [-0.2, -0.15) is 5.10 Å². The molecule has 0 bridgehead atoms. The molecule has 0 unspecified atom stereocenters. The van der Waals surface area contributed by atoms with Crippen LogP contribution in [0.1, 0.15) is 47.6 Å². The maximum absolute atomic E-state index is 11.0. The minimum Gasteiger partial charge on any atom is -0.295 e. The molecule has 0 aliphatic carbocycles. The summed E-state index contributed by atoms with van der Waals surface area (Å²) in [5.74, 6) is 0.0554. The molecule has 0 spiro atoms. The van der Waals surface area contributed by atoms with E-state index >= 15 is 0 Å². The monoisotopic (exact) mass is 333 g/mol. The van der Waals surface area contributed by atoms with Gasteiger partial charge in [0.1, 0.15) is 0 Å². The van der Waals surface area contributed by atoms with E-state index in [1.807, 2.05) is 29.6 Å². The number of fused-ring (bicyclic) bond motifs is 1. The highest BCUT2D eigenvalue weighted by atomic mass is 16.1. The molecule has 25 heavy (non-hydrogen) atoms. The zero-order valence-corrected chi connectivity index (χ0v) is 15.2. The van der Waals surface area contributed by atoms with Gasteiger partial charge in [-0.1, -0.05) is 37.3 Å². The van der Waals surface area contributed by atoms with Crippen molar-refractivity contribution in [3.05, 3.63) is 70.2 Å². The van der Waals surface area contributed by atoms with Crippen molar-refractivity contribution >= 4 is 17.5 Å². The summed E-state index contributed by atoms with van der Waals surface area (Å²) in [6.07, 6.45) is 5.12. The number of allylic oxidation sites excluding steroid dienone is 1. The lowest BCUT2D eigenvalue weighted by atomic mass is 10.0. The molecule has 3 aromatic rings. The molecule has 3 rings (SSSR count). The Bertz CT molecular complexity index is 949. The largest absolute Gasteiger partial charge is 0.295 e. The molecule has 0 radical (unpaired) electrons. The minimum atomic E-state index is 0.0554. The Kier molecular flexibility index (Phi) is 4.79. The Balaban J connectivity index is 1.96. The fourth-order valence-electron chi connectivity index (χ4n) is 3.04. The van der Waals surface area contributed by atoms with Crippen molar-refractivity contribution in [1.29, 1.82) is 0 Å². The number of aromatic nitrogens is 3. The molecule has 0 aliphatic heterocycles. The first-order valence-corrected chi connectivity index (χ1v) is 8.60. The van der Waals surface area contributed by atoms with Crippen LogP contribution < -0.4 is 0 Å². The molecule has 0 saturated carbocycles. The third-order valence-electron chi connectivity index (χ3n) is 4.28. The highest BCUT2D eigenvalue weighted by Gasteiger charge is 2.15. The number of hydrogen-bond acceptors (Lipinski definition) is 3. The van der Waals surface area contributed by atoms with Crippen LogP contribution in [-0.4, -0.2) is 20.4 Å². The molecule has 0 amide bonds. The summed E-state index contributed by atoms with van der Waals surface area (Å²) < 4.78 is 1.95. The van der Waals surface area contributed by atoms with Gasteiger partial charge in [-0.05, 0) is 50.5 Å². The topological polar surface area (TPSA) is 47.3 Å². The van der Waals surface area contributed by atoms with Gasteiger partial charge in [0.15, 0.2) is 11.4 Å². The number of nitrogens with zero attached hydrogens (tertiary/aromatic N) is 3. The molecule has 0 saturated heterocycles. The number of benzene rings is 1. The van der Waals surface area contributed by atoms with E-state index in [0.717, 1.165) is 41.1 Å². The molecule has 4 heteroatoms. The van der Waals surface area contributed by atoms with Gasteiger partial charge in [0, 0.05) is 23.4 Å². The van der Waals surface area contributed by atoms with Gasteiger partial charge in [-0.25, -0.2) is 9.50 Å². The van der Waals surface area contributed by atoms with E-state index in [0.29, 0.717) is 0 Å². The van der Waals surface area contributed by atoms with Crippen LogP contribution in [0.2, 0.25) is 0 Å². The zero-order valence-electron chi connectivity index (χ0n) is 15.2. The number of ketones is 1. The molecule has 0 atom stereocenters. The maximum atomic E-state index is 11.0. The SMILES string of the molecule is CCc1nn2c(C)cc(C)nc2c1Cc1ccc(/C=C/C(C)=O)cc1. The van der Waals surface area contributed by atoms with Gasteiger partial charge < -0.3 is 0 Å². The van der Waals surface area contributed by atoms with Crippen LogP contribution in [0.4, 0.5) is 0 Å². The molecule has 0 fully saturated rings. The second kappa shape index (κ2) is 7.01. The van der Waals surface area contributed by atoms with Crippen molar-refractivity contribution in [1.82, 2.24) is 14.6 Å². The molecular weight excluding hydrogens is 310 g/mol. The molecule has 128 valence electrons. The normalized spacial score (nSPS) is 11.5. The highest BCUT2D eigenvalue weighted by Crippen LogP contribution is 2.21. The van der Waals surface area contributed by atoms with Crippen LogP contribution in [0, 0.1) is 13.8 Å². The number of hydrogen-bond donors (Lipinski definition) is 0. The smallest absolute Gasteiger partial charge is 0.159 e. The summed E-state index contributed by atoms with van der Waals surface area (Å²) in [7, 11) is 0. The Morgan fingerprint density at radius 2 is 1.92 bits per heavy atom. The maximum Gasteiger partial charge on any atom is 0.159 e. The first-order chi connectivity index (χ1) is 12.0.